The molecular weight excluding hydrogens is 186 g/mol. The van der Waals surface area contributed by atoms with Gasteiger partial charge in [-0.05, 0) is 0 Å². The monoisotopic (exact) mass is 194 g/mol. The number of rotatable bonds is 3. The molecule has 0 heterocycles. The molecule has 0 spiro atoms. The molecule has 0 saturated carbocycles. The third-order valence-electron chi connectivity index (χ3n) is 1.05. The van der Waals surface area contributed by atoms with Crippen molar-refractivity contribution in [2.24, 2.45) is 0 Å². The number of esters is 2. The van der Waals surface area contributed by atoms with Crippen molar-refractivity contribution in [3.8, 4) is 0 Å². The molecule has 0 atom stereocenters. The first kappa shape index (κ1) is 11.5. The number of ether oxygens (including phenoxy) is 2. The number of alkyl halides is 2. The molecular formula is C7H8F2O4. The van der Waals surface area contributed by atoms with Crippen LogP contribution in [0.15, 0.2) is 12.2 Å². The van der Waals surface area contributed by atoms with Gasteiger partial charge in [0.15, 0.2) is 0 Å². The summed E-state index contributed by atoms with van der Waals surface area (Å²) >= 11 is 0. The molecule has 0 rings (SSSR count). The van der Waals surface area contributed by atoms with Crippen molar-refractivity contribution >= 4 is 11.9 Å². The van der Waals surface area contributed by atoms with E-state index in [0.717, 1.165) is 7.11 Å². The van der Waals surface area contributed by atoms with Crippen LogP contribution in [0.25, 0.3) is 0 Å². The van der Waals surface area contributed by atoms with E-state index in [4.69, 9.17) is 0 Å². The van der Waals surface area contributed by atoms with E-state index in [2.05, 4.69) is 16.1 Å². The maximum absolute atomic E-state index is 11.8. The lowest BCUT2D eigenvalue weighted by Crippen LogP contribution is -2.20. The highest BCUT2D eigenvalue weighted by Gasteiger charge is 2.17. The standard InChI is InChI=1S/C7H8F2O4/c1-4(5(8)9)3-13-7(11)6(10)12-2/h5H,1,3H2,2H3. The summed E-state index contributed by atoms with van der Waals surface area (Å²) in [4.78, 5) is 20.9. The summed E-state index contributed by atoms with van der Waals surface area (Å²) in [6.45, 7) is 2.24. The third-order valence-corrected chi connectivity index (χ3v) is 1.05. The van der Waals surface area contributed by atoms with E-state index >= 15 is 0 Å². The molecule has 6 heteroatoms. The number of hydrogen-bond donors (Lipinski definition) is 0. The molecule has 4 nitrogen and oxygen atoms in total. The van der Waals surface area contributed by atoms with Gasteiger partial charge in [0, 0.05) is 5.57 Å². The fourth-order valence-electron chi connectivity index (χ4n) is 0.363. The van der Waals surface area contributed by atoms with Crippen LogP contribution in [0.3, 0.4) is 0 Å². The molecule has 74 valence electrons. The van der Waals surface area contributed by atoms with E-state index in [-0.39, 0.29) is 0 Å². The first-order valence-electron chi connectivity index (χ1n) is 3.20. The van der Waals surface area contributed by atoms with Crippen molar-refractivity contribution in [2.45, 2.75) is 6.43 Å². The normalized spacial score (nSPS) is 9.54. The lowest BCUT2D eigenvalue weighted by molar-refractivity contribution is -0.165. The van der Waals surface area contributed by atoms with Gasteiger partial charge in [-0.15, -0.1) is 0 Å². The Balaban J connectivity index is 3.84. The average Bonchev–Trinajstić information content (AvgIpc) is 2.11. The van der Waals surface area contributed by atoms with Crippen LogP contribution in [0, 0.1) is 0 Å². The van der Waals surface area contributed by atoms with Gasteiger partial charge in [-0.3, -0.25) is 0 Å². The lowest BCUT2D eigenvalue weighted by atomic mass is 10.3. The third kappa shape index (κ3) is 4.19. The van der Waals surface area contributed by atoms with Crippen molar-refractivity contribution < 1.29 is 27.8 Å². The summed E-state index contributed by atoms with van der Waals surface area (Å²) in [6, 6.07) is 0. The Hall–Kier alpha value is -1.46. The Bertz CT molecular complexity index is 225. The molecule has 0 aliphatic rings. The van der Waals surface area contributed by atoms with Crippen LogP contribution >= 0.6 is 0 Å². The zero-order chi connectivity index (χ0) is 10.4. The van der Waals surface area contributed by atoms with Crippen LogP contribution < -0.4 is 0 Å². The molecule has 0 aromatic heterocycles. The summed E-state index contributed by atoms with van der Waals surface area (Å²) in [7, 11) is 0.978. The smallest absolute Gasteiger partial charge is 0.417 e. The van der Waals surface area contributed by atoms with Gasteiger partial charge >= 0.3 is 11.9 Å². The van der Waals surface area contributed by atoms with Gasteiger partial charge in [-0.2, -0.15) is 0 Å². The van der Waals surface area contributed by atoms with Crippen LogP contribution in [0.5, 0.6) is 0 Å². The minimum absolute atomic E-state index is 0.572. The molecule has 0 aromatic rings. The number of carbonyl (C=O) groups is 2. The molecule has 0 fully saturated rings. The summed E-state index contributed by atoms with van der Waals surface area (Å²) in [5.74, 6) is -2.55. The predicted octanol–water partition coefficient (Wildman–Crippen LogP) is 0.524. The molecule has 0 bridgehead atoms. The predicted molar refractivity (Wildman–Crippen MR) is 38.1 cm³/mol. The van der Waals surface area contributed by atoms with Crippen molar-refractivity contribution in [2.75, 3.05) is 13.7 Å². The van der Waals surface area contributed by atoms with Gasteiger partial charge in [0.05, 0.1) is 7.11 Å². The van der Waals surface area contributed by atoms with Crippen LogP contribution in [0.4, 0.5) is 8.78 Å². The SMILES string of the molecule is C=C(COC(=O)C(=O)OC)C(F)F. The molecule has 0 N–H and O–H groups in total. The maximum Gasteiger partial charge on any atom is 0.417 e. The van der Waals surface area contributed by atoms with Crippen LogP contribution in [0.2, 0.25) is 0 Å². The fourth-order valence-corrected chi connectivity index (χ4v) is 0.363. The average molecular weight is 194 g/mol. The number of halogens is 2. The van der Waals surface area contributed by atoms with Crippen LogP contribution in [0.1, 0.15) is 0 Å². The summed E-state index contributed by atoms with van der Waals surface area (Å²) in [6.07, 6.45) is -2.77. The molecule has 0 radical (unpaired) electrons. The highest BCUT2D eigenvalue weighted by molar-refractivity contribution is 6.29. The van der Waals surface area contributed by atoms with Crippen molar-refractivity contribution in [1.82, 2.24) is 0 Å². The fraction of sp³-hybridized carbons (Fsp3) is 0.429. The Morgan fingerprint density at radius 3 is 2.31 bits per heavy atom. The second-order valence-corrected chi connectivity index (χ2v) is 2.03. The van der Waals surface area contributed by atoms with Gasteiger partial charge in [-0.25, -0.2) is 18.4 Å². The van der Waals surface area contributed by atoms with Gasteiger partial charge in [-0.1, -0.05) is 6.58 Å². The van der Waals surface area contributed by atoms with Gasteiger partial charge < -0.3 is 9.47 Å². The largest absolute Gasteiger partial charge is 0.461 e. The zero-order valence-corrected chi connectivity index (χ0v) is 6.88. The van der Waals surface area contributed by atoms with Gasteiger partial charge in [0.1, 0.15) is 6.61 Å². The number of hydrogen-bond acceptors (Lipinski definition) is 4. The van der Waals surface area contributed by atoms with Gasteiger partial charge in [0.2, 0.25) is 0 Å². The van der Waals surface area contributed by atoms with E-state index < -0.39 is 30.5 Å². The molecule has 13 heavy (non-hydrogen) atoms. The van der Waals surface area contributed by atoms with Gasteiger partial charge in [0.25, 0.3) is 6.43 Å². The highest BCUT2D eigenvalue weighted by atomic mass is 19.3. The van der Waals surface area contributed by atoms with Crippen LogP contribution in [-0.2, 0) is 19.1 Å². The molecule has 0 aliphatic carbocycles. The summed E-state index contributed by atoms with van der Waals surface area (Å²) in [5, 5.41) is 0. The molecule has 0 aromatic carbocycles. The molecule has 0 unspecified atom stereocenters. The highest BCUT2D eigenvalue weighted by Crippen LogP contribution is 2.05. The molecule has 0 aliphatic heterocycles. The van der Waals surface area contributed by atoms with E-state index in [9.17, 15) is 18.4 Å². The Kier molecular flexibility index (Phi) is 4.64. The lowest BCUT2D eigenvalue weighted by Gasteiger charge is -2.04. The quantitative estimate of drug-likeness (QED) is 0.373. The second kappa shape index (κ2) is 5.23. The molecule has 0 saturated heterocycles. The van der Waals surface area contributed by atoms with E-state index in [0.29, 0.717) is 0 Å². The first-order chi connectivity index (χ1) is 5.99. The summed E-state index contributed by atoms with van der Waals surface area (Å²) in [5.41, 5.74) is -0.572. The second-order valence-electron chi connectivity index (χ2n) is 2.03. The summed E-state index contributed by atoms with van der Waals surface area (Å²) < 4.78 is 31.6. The van der Waals surface area contributed by atoms with Crippen molar-refractivity contribution in [3.05, 3.63) is 12.2 Å². The van der Waals surface area contributed by atoms with Crippen molar-refractivity contribution in [1.29, 1.82) is 0 Å². The minimum Gasteiger partial charge on any atom is -0.461 e. The number of methoxy groups -OCH3 is 1. The minimum atomic E-state index is -2.77. The van der Waals surface area contributed by atoms with E-state index in [1.807, 2.05) is 0 Å². The topological polar surface area (TPSA) is 52.6 Å². The molecule has 0 amide bonds. The maximum atomic E-state index is 11.8. The van der Waals surface area contributed by atoms with Crippen LogP contribution in [-0.4, -0.2) is 32.1 Å². The zero-order valence-electron chi connectivity index (χ0n) is 6.88. The Morgan fingerprint density at radius 1 is 1.38 bits per heavy atom. The first-order valence-corrected chi connectivity index (χ1v) is 3.20. The Labute approximate surface area is 73.1 Å². The van der Waals surface area contributed by atoms with E-state index in [1.165, 1.54) is 0 Å². The number of carbonyl (C=O) groups excluding carboxylic acids is 2. The Morgan fingerprint density at radius 2 is 1.92 bits per heavy atom. The van der Waals surface area contributed by atoms with E-state index in [1.54, 1.807) is 0 Å². The van der Waals surface area contributed by atoms with Crippen molar-refractivity contribution in [3.63, 3.8) is 0 Å².